The number of aryl methyl sites for hydroxylation is 1. The van der Waals surface area contributed by atoms with Crippen molar-refractivity contribution in [3.05, 3.63) is 29.8 Å². The van der Waals surface area contributed by atoms with Crippen molar-refractivity contribution in [2.75, 3.05) is 26.2 Å². The van der Waals surface area contributed by atoms with Gasteiger partial charge in [-0.3, -0.25) is 4.90 Å². The van der Waals surface area contributed by atoms with E-state index in [1.807, 2.05) is 6.07 Å². The van der Waals surface area contributed by atoms with Gasteiger partial charge in [0.2, 0.25) is 0 Å². The summed E-state index contributed by atoms with van der Waals surface area (Å²) in [5.74, 6) is 0.994. The molecule has 1 N–H and O–H groups in total. The van der Waals surface area contributed by atoms with E-state index in [1.54, 1.807) is 0 Å². The van der Waals surface area contributed by atoms with Gasteiger partial charge in [0.15, 0.2) is 0 Å². The zero-order valence-corrected chi connectivity index (χ0v) is 13.4. The van der Waals surface area contributed by atoms with E-state index in [0.29, 0.717) is 11.6 Å². The van der Waals surface area contributed by atoms with Crippen LogP contribution in [0.3, 0.4) is 0 Å². The van der Waals surface area contributed by atoms with Crippen LogP contribution in [0.5, 0.6) is 5.75 Å². The van der Waals surface area contributed by atoms with Crippen molar-refractivity contribution in [1.82, 2.24) is 10.2 Å². The van der Waals surface area contributed by atoms with Crippen molar-refractivity contribution in [2.24, 2.45) is 0 Å². The molecular weight excluding hydrogens is 260 g/mol. The molecule has 2 fully saturated rings. The fourth-order valence-electron chi connectivity index (χ4n) is 3.77. The van der Waals surface area contributed by atoms with E-state index in [0.717, 1.165) is 25.4 Å². The SMILES string of the molecule is Cc1cccc(OCCN2CC3(CCCC3)NCC2C)c1. The predicted molar refractivity (Wildman–Crippen MR) is 86.9 cm³/mol. The van der Waals surface area contributed by atoms with Crippen molar-refractivity contribution in [2.45, 2.75) is 51.1 Å². The van der Waals surface area contributed by atoms with Crippen LogP contribution >= 0.6 is 0 Å². The first-order chi connectivity index (χ1) is 10.2. The molecule has 1 heterocycles. The molecule has 1 aliphatic carbocycles. The number of piperazine rings is 1. The van der Waals surface area contributed by atoms with Crippen LogP contribution in [0.2, 0.25) is 0 Å². The lowest BCUT2D eigenvalue weighted by Gasteiger charge is -2.45. The van der Waals surface area contributed by atoms with Gasteiger partial charge in [-0.25, -0.2) is 0 Å². The third-order valence-corrected chi connectivity index (χ3v) is 5.10. The molecular formula is C18H28N2O. The summed E-state index contributed by atoms with van der Waals surface area (Å²) in [6.07, 6.45) is 5.45. The lowest BCUT2D eigenvalue weighted by molar-refractivity contribution is 0.0756. The zero-order valence-electron chi connectivity index (χ0n) is 13.4. The largest absolute Gasteiger partial charge is 0.492 e. The van der Waals surface area contributed by atoms with E-state index in [-0.39, 0.29) is 0 Å². The summed E-state index contributed by atoms with van der Waals surface area (Å²) in [6.45, 7) is 8.54. The minimum atomic E-state index is 0.399. The Hall–Kier alpha value is -1.06. The number of benzene rings is 1. The van der Waals surface area contributed by atoms with Crippen molar-refractivity contribution in [3.8, 4) is 5.75 Å². The van der Waals surface area contributed by atoms with Crippen LogP contribution in [0.15, 0.2) is 24.3 Å². The molecule has 0 radical (unpaired) electrons. The molecule has 21 heavy (non-hydrogen) atoms. The summed E-state index contributed by atoms with van der Waals surface area (Å²) in [5, 5.41) is 3.81. The first kappa shape index (κ1) is 14.9. The fraction of sp³-hybridized carbons (Fsp3) is 0.667. The minimum absolute atomic E-state index is 0.399. The Morgan fingerprint density at radius 1 is 1.33 bits per heavy atom. The molecule has 1 saturated heterocycles. The monoisotopic (exact) mass is 288 g/mol. The number of nitrogens with zero attached hydrogens (tertiary/aromatic N) is 1. The molecule has 1 spiro atoms. The first-order valence-corrected chi connectivity index (χ1v) is 8.35. The molecule has 1 aromatic rings. The number of hydrogen-bond acceptors (Lipinski definition) is 3. The second-order valence-corrected chi connectivity index (χ2v) is 6.85. The lowest BCUT2D eigenvalue weighted by Crippen LogP contribution is -2.62. The maximum absolute atomic E-state index is 5.93. The highest BCUT2D eigenvalue weighted by atomic mass is 16.5. The van der Waals surface area contributed by atoms with Gasteiger partial charge in [0, 0.05) is 31.2 Å². The molecule has 2 aliphatic rings. The second kappa shape index (κ2) is 6.37. The van der Waals surface area contributed by atoms with Crippen LogP contribution in [0, 0.1) is 6.92 Å². The Bertz CT molecular complexity index is 468. The summed E-state index contributed by atoms with van der Waals surface area (Å²) in [5.41, 5.74) is 1.66. The molecule has 0 amide bonds. The molecule has 0 bridgehead atoms. The van der Waals surface area contributed by atoms with Crippen molar-refractivity contribution in [1.29, 1.82) is 0 Å². The van der Waals surface area contributed by atoms with Gasteiger partial charge < -0.3 is 10.1 Å². The predicted octanol–water partition coefficient (Wildman–Crippen LogP) is 2.98. The molecule has 116 valence electrons. The van der Waals surface area contributed by atoms with Crippen molar-refractivity contribution in [3.63, 3.8) is 0 Å². The molecule has 3 rings (SSSR count). The maximum atomic E-state index is 5.93. The van der Waals surface area contributed by atoms with Crippen molar-refractivity contribution >= 4 is 0 Å². The average molecular weight is 288 g/mol. The Balaban J connectivity index is 1.51. The minimum Gasteiger partial charge on any atom is -0.492 e. The highest BCUT2D eigenvalue weighted by Gasteiger charge is 2.39. The summed E-state index contributed by atoms with van der Waals surface area (Å²) in [7, 11) is 0. The van der Waals surface area contributed by atoms with Gasteiger partial charge in [-0.1, -0.05) is 25.0 Å². The number of nitrogens with one attached hydrogen (secondary N) is 1. The molecule has 1 atom stereocenters. The second-order valence-electron chi connectivity index (χ2n) is 6.85. The summed E-state index contributed by atoms with van der Waals surface area (Å²) in [6, 6.07) is 8.94. The lowest BCUT2D eigenvalue weighted by atomic mass is 9.92. The highest BCUT2D eigenvalue weighted by molar-refractivity contribution is 5.27. The fourth-order valence-corrected chi connectivity index (χ4v) is 3.77. The van der Waals surface area contributed by atoms with Crippen LogP contribution in [-0.2, 0) is 0 Å². The van der Waals surface area contributed by atoms with E-state index >= 15 is 0 Å². The van der Waals surface area contributed by atoms with Crippen molar-refractivity contribution < 1.29 is 4.74 Å². The van der Waals surface area contributed by atoms with E-state index < -0.39 is 0 Å². The normalized spacial score (nSPS) is 25.3. The molecule has 1 aromatic carbocycles. The Morgan fingerprint density at radius 2 is 2.14 bits per heavy atom. The molecule has 0 aromatic heterocycles. The molecule has 1 aliphatic heterocycles. The van der Waals surface area contributed by atoms with Crippen LogP contribution in [0.4, 0.5) is 0 Å². The van der Waals surface area contributed by atoms with E-state index in [4.69, 9.17) is 4.74 Å². The molecule has 3 heteroatoms. The third-order valence-electron chi connectivity index (χ3n) is 5.10. The van der Waals surface area contributed by atoms with Gasteiger partial charge >= 0.3 is 0 Å². The Morgan fingerprint density at radius 3 is 2.90 bits per heavy atom. The highest BCUT2D eigenvalue weighted by Crippen LogP contribution is 2.33. The van der Waals surface area contributed by atoms with E-state index in [2.05, 4.69) is 42.3 Å². The standard InChI is InChI=1S/C18H28N2O/c1-15-6-5-7-17(12-15)21-11-10-20-14-18(8-3-4-9-18)19-13-16(20)2/h5-7,12,16,19H,3-4,8-11,13-14H2,1-2H3. The average Bonchev–Trinajstić information content (AvgIpc) is 2.91. The van der Waals surface area contributed by atoms with Crippen LogP contribution < -0.4 is 10.1 Å². The summed E-state index contributed by atoms with van der Waals surface area (Å²) >= 11 is 0. The van der Waals surface area contributed by atoms with E-state index in [9.17, 15) is 0 Å². The van der Waals surface area contributed by atoms with Crippen LogP contribution in [0.1, 0.15) is 38.2 Å². The summed E-state index contributed by atoms with van der Waals surface area (Å²) < 4.78 is 5.93. The third kappa shape index (κ3) is 3.58. The first-order valence-electron chi connectivity index (χ1n) is 8.35. The smallest absolute Gasteiger partial charge is 0.119 e. The quantitative estimate of drug-likeness (QED) is 0.922. The zero-order chi connectivity index (χ0) is 14.7. The number of hydrogen-bond donors (Lipinski definition) is 1. The topological polar surface area (TPSA) is 24.5 Å². The maximum Gasteiger partial charge on any atom is 0.119 e. The van der Waals surface area contributed by atoms with Gasteiger partial charge in [-0.15, -0.1) is 0 Å². The molecule has 1 unspecified atom stereocenters. The molecule has 3 nitrogen and oxygen atoms in total. The molecule has 1 saturated carbocycles. The number of rotatable bonds is 4. The Kier molecular flexibility index (Phi) is 4.51. The van der Waals surface area contributed by atoms with Crippen LogP contribution in [-0.4, -0.2) is 42.7 Å². The van der Waals surface area contributed by atoms with Gasteiger partial charge in [-0.2, -0.15) is 0 Å². The van der Waals surface area contributed by atoms with Crippen LogP contribution in [0.25, 0.3) is 0 Å². The number of ether oxygens (including phenoxy) is 1. The van der Waals surface area contributed by atoms with Gasteiger partial charge in [0.25, 0.3) is 0 Å². The van der Waals surface area contributed by atoms with E-state index in [1.165, 1.54) is 37.8 Å². The Labute approximate surface area is 128 Å². The summed E-state index contributed by atoms with van der Waals surface area (Å²) in [4.78, 5) is 2.61. The van der Waals surface area contributed by atoms with Gasteiger partial charge in [0.05, 0.1) is 0 Å². The van der Waals surface area contributed by atoms with Gasteiger partial charge in [0.1, 0.15) is 12.4 Å². The van der Waals surface area contributed by atoms with Gasteiger partial charge in [-0.05, 0) is 44.4 Å².